The third kappa shape index (κ3) is 5.43. The van der Waals surface area contributed by atoms with Gasteiger partial charge in [-0.05, 0) is 78.5 Å². The molecule has 6 aromatic rings. The van der Waals surface area contributed by atoms with Gasteiger partial charge < -0.3 is 5.32 Å². The lowest BCUT2D eigenvalue weighted by Crippen LogP contribution is -2.08. The predicted octanol–water partition coefficient (Wildman–Crippen LogP) is 11.5. The van der Waals surface area contributed by atoms with Crippen LogP contribution in [-0.2, 0) is 0 Å². The van der Waals surface area contributed by atoms with Gasteiger partial charge in [-0.15, -0.1) is 0 Å². The average molecular weight is 556 g/mol. The minimum Gasteiger partial charge on any atom is -0.387 e. The lowest BCUT2D eigenvalue weighted by molar-refractivity contribution is 0.977. The highest BCUT2D eigenvalue weighted by Crippen LogP contribution is 2.45. The molecule has 0 saturated carbocycles. The summed E-state index contributed by atoms with van der Waals surface area (Å²) in [6.07, 6.45) is 17.5. The molecule has 1 nitrogen and oxygen atoms in total. The van der Waals surface area contributed by atoms with E-state index in [1.165, 1.54) is 78.5 Å². The van der Waals surface area contributed by atoms with Crippen LogP contribution in [0, 0.1) is 0 Å². The number of rotatable bonds is 3. The fraction of sp³-hybridized carbons (Fsp3) is 0.0952. The van der Waals surface area contributed by atoms with Crippen LogP contribution >= 0.6 is 0 Å². The topological polar surface area (TPSA) is 12.0 Å². The zero-order valence-corrected chi connectivity index (χ0v) is 23.6. The molecular weight excluding hydrogens is 518 g/mol. The van der Waals surface area contributed by atoms with Crippen molar-refractivity contribution < 1.29 is 0 Å². The largest absolute Gasteiger partial charge is 0.387 e. The van der Waals surface area contributed by atoms with Gasteiger partial charge in [0.25, 0.3) is 0 Å². The summed E-state index contributed by atoms with van der Waals surface area (Å²) in [5.74, 6) is 0. The molecule has 1 N–H and O–H groups in total. The van der Waals surface area contributed by atoms with Gasteiger partial charge in [0.2, 0.25) is 0 Å². The van der Waals surface area contributed by atoms with E-state index < -0.39 is 0 Å². The number of fused-ring (bicyclic) bond motifs is 3. The van der Waals surface area contributed by atoms with Crippen molar-refractivity contribution in [1.29, 1.82) is 0 Å². The standard InChI is InChI=1S/C35H25N.C6H8.CH4/c1-2-11-24(12-3-1)34-29-16-6-8-18-31(29)35(32-19-9-7-17-30(32)34)33-21-20-26(25-13-10-22-36-23-25)27-14-4-5-15-28(27)33;1-2-4-6-5-3-1;/h1-21,23,36H,22H2;1-4H,5-6H2;1H4. The van der Waals surface area contributed by atoms with Crippen LogP contribution in [0.4, 0.5) is 0 Å². The summed E-state index contributed by atoms with van der Waals surface area (Å²) in [6, 6.07) is 41.9. The fourth-order valence-corrected chi connectivity index (χ4v) is 6.28. The maximum Gasteiger partial charge on any atom is 0.0328 e. The molecule has 0 bridgehead atoms. The Hall–Kier alpha value is -5.14. The van der Waals surface area contributed by atoms with E-state index in [9.17, 15) is 0 Å². The quantitative estimate of drug-likeness (QED) is 0.214. The molecule has 1 heteroatoms. The van der Waals surface area contributed by atoms with Crippen LogP contribution in [0.3, 0.4) is 0 Å². The fourth-order valence-electron chi connectivity index (χ4n) is 6.28. The first-order chi connectivity index (χ1) is 20.9. The van der Waals surface area contributed by atoms with Crippen LogP contribution in [0.1, 0.15) is 25.8 Å². The SMILES string of the molecule is C.C1=CC(c2ccc(-c3c4ccccc4c(-c4ccccc4)c4ccccc34)c3ccccc23)=CNC1.C1=CCCC=C1. The van der Waals surface area contributed by atoms with E-state index >= 15 is 0 Å². The molecule has 210 valence electrons. The number of dihydropyridines is 1. The summed E-state index contributed by atoms with van der Waals surface area (Å²) in [5, 5.41) is 11.1. The molecule has 0 atom stereocenters. The van der Waals surface area contributed by atoms with Crippen LogP contribution < -0.4 is 5.32 Å². The molecule has 1 aliphatic carbocycles. The second kappa shape index (κ2) is 12.8. The highest BCUT2D eigenvalue weighted by Gasteiger charge is 2.18. The Kier molecular flexibility index (Phi) is 8.33. The highest BCUT2D eigenvalue weighted by atomic mass is 14.8. The first-order valence-corrected chi connectivity index (χ1v) is 14.8. The Labute approximate surface area is 255 Å². The molecule has 0 spiro atoms. The summed E-state index contributed by atoms with van der Waals surface area (Å²) in [4.78, 5) is 0. The monoisotopic (exact) mass is 555 g/mol. The van der Waals surface area contributed by atoms with Crippen LogP contribution in [0.15, 0.2) is 158 Å². The molecule has 0 fully saturated rings. The van der Waals surface area contributed by atoms with Crippen molar-refractivity contribution in [2.45, 2.75) is 20.3 Å². The number of hydrogen-bond acceptors (Lipinski definition) is 1. The number of hydrogen-bond donors (Lipinski definition) is 1. The molecule has 2 aliphatic rings. The summed E-state index contributed by atoms with van der Waals surface area (Å²) in [5.41, 5.74) is 7.60. The summed E-state index contributed by atoms with van der Waals surface area (Å²) in [6.45, 7) is 0.880. The molecule has 1 heterocycles. The Morgan fingerprint density at radius 2 is 0.930 bits per heavy atom. The van der Waals surface area contributed by atoms with E-state index in [1.807, 2.05) is 0 Å². The van der Waals surface area contributed by atoms with E-state index in [4.69, 9.17) is 0 Å². The molecule has 0 saturated heterocycles. The Morgan fingerprint density at radius 1 is 0.442 bits per heavy atom. The maximum absolute atomic E-state index is 3.37. The molecule has 1 aliphatic heterocycles. The molecule has 0 radical (unpaired) electrons. The van der Waals surface area contributed by atoms with Crippen molar-refractivity contribution in [3.05, 3.63) is 163 Å². The zero-order chi connectivity index (χ0) is 28.1. The summed E-state index contributed by atoms with van der Waals surface area (Å²) in [7, 11) is 0. The Balaban J connectivity index is 0.000000423. The molecule has 43 heavy (non-hydrogen) atoms. The highest BCUT2D eigenvalue weighted by molar-refractivity contribution is 6.23. The minimum atomic E-state index is 0. The van der Waals surface area contributed by atoms with Gasteiger partial charge in [0, 0.05) is 12.7 Å². The van der Waals surface area contributed by atoms with Crippen LogP contribution in [0.25, 0.3) is 60.1 Å². The summed E-state index contributed by atoms with van der Waals surface area (Å²) < 4.78 is 0. The van der Waals surface area contributed by atoms with Crippen LogP contribution in [0.5, 0.6) is 0 Å². The van der Waals surface area contributed by atoms with Gasteiger partial charge in [-0.2, -0.15) is 0 Å². The van der Waals surface area contributed by atoms with Gasteiger partial charge in [-0.25, -0.2) is 0 Å². The Bertz CT molecular complexity index is 1950. The lowest BCUT2D eigenvalue weighted by atomic mass is 9.84. The summed E-state index contributed by atoms with van der Waals surface area (Å²) >= 11 is 0. The third-order valence-corrected chi connectivity index (χ3v) is 8.17. The second-order valence-corrected chi connectivity index (χ2v) is 10.8. The molecule has 6 aromatic carbocycles. The van der Waals surface area contributed by atoms with Crippen molar-refractivity contribution in [2.24, 2.45) is 0 Å². The van der Waals surface area contributed by atoms with Crippen molar-refractivity contribution >= 4 is 37.9 Å². The zero-order valence-electron chi connectivity index (χ0n) is 23.6. The van der Waals surface area contributed by atoms with Gasteiger partial charge in [0.15, 0.2) is 0 Å². The van der Waals surface area contributed by atoms with E-state index in [2.05, 4.69) is 163 Å². The molecule has 0 amide bonds. The first kappa shape index (κ1) is 28.0. The van der Waals surface area contributed by atoms with Crippen molar-refractivity contribution in [1.82, 2.24) is 5.32 Å². The van der Waals surface area contributed by atoms with Crippen LogP contribution in [-0.4, -0.2) is 6.54 Å². The van der Waals surface area contributed by atoms with E-state index in [0.29, 0.717) is 0 Å². The van der Waals surface area contributed by atoms with E-state index in [0.717, 1.165) is 6.54 Å². The third-order valence-electron chi connectivity index (χ3n) is 8.17. The smallest absolute Gasteiger partial charge is 0.0328 e. The van der Waals surface area contributed by atoms with Gasteiger partial charge in [-0.3, -0.25) is 0 Å². The molecule has 0 unspecified atom stereocenters. The van der Waals surface area contributed by atoms with Gasteiger partial charge in [0.05, 0.1) is 0 Å². The van der Waals surface area contributed by atoms with Gasteiger partial charge in [0.1, 0.15) is 0 Å². The Morgan fingerprint density at radius 3 is 1.44 bits per heavy atom. The van der Waals surface area contributed by atoms with Crippen LogP contribution in [0.2, 0.25) is 0 Å². The van der Waals surface area contributed by atoms with E-state index in [1.54, 1.807) is 0 Å². The molecule has 8 rings (SSSR count). The first-order valence-electron chi connectivity index (χ1n) is 14.8. The molecule has 0 aromatic heterocycles. The number of benzene rings is 6. The number of nitrogens with one attached hydrogen (secondary N) is 1. The van der Waals surface area contributed by atoms with Gasteiger partial charge in [-0.1, -0.05) is 159 Å². The maximum atomic E-state index is 3.37. The van der Waals surface area contributed by atoms with Gasteiger partial charge >= 0.3 is 0 Å². The normalized spacial score (nSPS) is 13.6. The predicted molar refractivity (Wildman–Crippen MR) is 189 cm³/mol. The van der Waals surface area contributed by atoms with Crippen molar-refractivity contribution in [2.75, 3.05) is 6.54 Å². The minimum absolute atomic E-state index is 0. The van der Waals surface area contributed by atoms with E-state index in [-0.39, 0.29) is 7.43 Å². The van der Waals surface area contributed by atoms with Crippen molar-refractivity contribution in [3.8, 4) is 22.3 Å². The lowest BCUT2D eigenvalue weighted by Gasteiger charge is -2.20. The second-order valence-electron chi connectivity index (χ2n) is 10.8. The average Bonchev–Trinajstić information content (AvgIpc) is 3.08. The van der Waals surface area contributed by atoms with Crippen molar-refractivity contribution in [3.63, 3.8) is 0 Å². The molecular formula is C42H37N. The number of allylic oxidation sites excluding steroid dienone is 6.